The summed E-state index contributed by atoms with van der Waals surface area (Å²) in [4.78, 5) is 0. The van der Waals surface area contributed by atoms with E-state index in [-0.39, 0.29) is 0 Å². The Morgan fingerprint density at radius 3 is 1.37 bits per heavy atom. The maximum Gasteiger partial charge on any atom is 0.394 e. The second-order valence-corrected chi connectivity index (χ2v) is 5.20. The van der Waals surface area contributed by atoms with Gasteiger partial charge >= 0.3 is 54.7 Å². The van der Waals surface area contributed by atoms with Crippen LogP contribution in [0, 0.1) is 0 Å². The van der Waals surface area contributed by atoms with Gasteiger partial charge in [0.25, 0.3) is 0 Å². The van der Waals surface area contributed by atoms with Crippen molar-refractivity contribution in [3.05, 3.63) is 61.2 Å². The summed E-state index contributed by atoms with van der Waals surface area (Å²) in [6, 6.07) is 16.7. The van der Waals surface area contributed by atoms with Gasteiger partial charge in [0.15, 0.2) is 0 Å². The second-order valence-electron chi connectivity index (χ2n) is 3.49. The third-order valence-corrected chi connectivity index (χ3v) is 2.52. The van der Waals surface area contributed by atoms with Crippen LogP contribution in [-0.2, 0) is 10.4 Å². The van der Waals surface area contributed by atoms with Crippen molar-refractivity contribution in [1.29, 1.82) is 0 Å². The normalized spacial score (nSPS) is 9.68. The summed E-state index contributed by atoms with van der Waals surface area (Å²) < 4.78 is 32.8. The molecule has 0 amide bonds. The van der Waals surface area contributed by atoms with Crippen molar-refractivity contribution in [2.45, 2.75) is 3.67 Å². The molecule has 0 radical (unpaired) electrons. The molecule has 19 heavy (non-hydrogen) atoms. The van der Waals surface area contributed by atoms with E-state index in [2.05, 4.69) is 55.1 Å². The summed E-state index contributed by atoms with van der Waals surface area (Å²) in [5.74, 6) is 0. The minimum absolute atomic E-state index is 1.22. The van der Waals surface area contributed by atoms with E-state index in [9.17, 15) is 0 Å². The Labute approximate surface area is 131 Å². The van der Waals surface area contributed by atoms with Gasteiger partial charge in [-0.2, -0.15) is 8.42 Å². The first-order chi connectivity index (χ1) is 8.88. The first-order valence-corrected chi connectivity index (χ1v) is 8.44. The predicted octanol–water partition coefficient (Wildman–Crippen LogP) is 2.95. The van der Waals surface area contributed by atoms with Gasteiger partial charge in [0.2, 0.25) is 0 Å². The van der Waals surface area contributed by atoms with Crippen LogP contribution in [0.15, 0.2) is 61.2 Å². The van der Waals surface area contributed by atoms with E-state index in [1.54, 1.807) is 0 Å². The number of rotatable bonds is 1. The fourth-order valence-corrected chi connectivity index (χ4v) is 1.13. The maximum atomic E-state index is 8.74. The van der Waals surface area contributed by atoms with Crippen LogP contribution in [-0.4, -0.2) is 45.5 Å². The largest absolute Gasteiger partial charge is 0.394 e. The number of fused-ring (bicyclic) bond motifs is 1. The van der Waals surface area contributed by atoms with E-state index >= 15 is 0 Å². The van der Waals surface area contributed by atoms with Crippen molar-refractivity contribution >= 4 is 49.1 Å². The Hall–Kier alpha value is -0.690. The Bertz CT molecular complexity index is 523. The molecule has 0 heterocycles. The van der Waals surface area contributed by atoms with Gasteiger partial charge in [-0.25, -0.2) is 0 Å². The van der Waals surface area contributed by atoms with E-state index in [1.165, 1.54) is 42.4 Å². The SMILES string of the molecule is C=C[CH2][Na].O=S(=O)(O)O.c1ccc2ccccc2c1. The second kappa shape index (κ2) is 10.1. The molecular formula is C13H15NaO4S. The van der Waals surface area contributed by atoms with Crippen molar-refractivity contribution in [2.24, 2.45) is 0 Å². The fraction of sp³-hybridized carbons (Fsp3) is 0.0769. The Morgan fingerprint density at radius 2 is 1.21 bits per heavy atom. The zero-order valence-corrected chi connectivity index (χ0v) is 13.5. The van der Waals surface area contributed by atoms with Crippen LogP contribution in [0.4, 0.5) is 0 Å². The Morgan fingerprint density at radius 1 is 1.00 bits per heavy atom. The van der Waals surface area contributed by atoms with E-state index in [4.69, 9.17) is 17.5 Å². The number of benzene rings is 2. The Kier molecular flexibility index (Phi) is 9.77. The molecule has 0 fully saturated rings. The van der Waals surface area contributed by atoms with Crippen molar-refractivity contribution < 1.29 is 17.5 Å². The van der Waals surface area contributed by atoms with Crippen LogP contribution in [0.2, 0.25) is 3.67 Å². The molecule has 2 N–H and O–H groups in total. The number of hydrogen-bond donors (Lipinski definition) is 2. The van der Waals surface area contributed by atoms with Crippen LogP contribution >= 0.6 is 0 Å². The molecule has 4 nitrogen and oxygen atoms in total. The predicted molar refractivity (Wildman–Crippen MR) is 78.9 cm³/mol. The molecule has 0 aromatic heterocycles. The smallest absolute Gasteiger partial charge is 0.264 e. The third kappa shape index (κ3) is 12.1. The minimum atomic E-state index is -4.67. The maximum absolute atomic E-state index is 8.74. The van der Waals surface area contributed by atoms with Crippen molar-refractivity contribution in [3.8, 4) is 0 Å². The van der Waals surface area contributed by atoms with Crippen LogP contribution in [0.3, 0.4) is 0 Å². The molecule has 0 atom stereocenters. The standard InChI is InChI=1S/C10H8.C3H5.Na.H2O4S/c1-2-6-10-8-4-3-7-9(10)5-1;1-3-2;;1-5(2,3)4/h1-8H;3H,1-2H2;;(H2,1,2,3,4). The summed E-state index contributed by atoms with van der Waals surface area (Å²) in [6.45, 7) is 3.51. The molecule has 0 aliphatic heterocycles. The van der Waals surface area contributed by atoms with Crippen molar-refractivity contribution in [1.82, 2.24) is 0 Å². The van der Waals surface area contributed by atoms with Gasteiger partial charge in [0.05, 0.1) is 0 Å². The summed E-state index contributed by atoms with van der Waals surface area (Å²) in [5.41, 5.74) is 0. The molecular weight excluding hydrogens is 275 g/mol. The average Bonchev–Trinajstić information content (AvgIpc) is 2.37. The van der Waals surface area contributed by atoms with Crippen molar-refractivity contribution in [2.75, 3.05) is 0 Å². The quantitative estimate of drug-likeness (QED) is 0.481. The van der Waals surface area contributed by atoms with Gasteiger partial charge in [0, 0.05) is 0 Å². The zero-order chi connectivity index (χ0) is 14.7. The molecule has 2 aromatic carbocycles. The van der Waals surface area contributed by atoms with Gasteiger partial charge in [-0.15, -0.1) is 0 Å². The summed E-state index contributed by atoms with van der Waals surface area (Å²) >= 11 is 1.27. The van der Waals surface area contributed by atoms with E-state index < -0.39 is 10.4 Å². The minimum Gasteiger partial charge on any atom is -0.264 e. The Balaban J connectivity index is 0.000000307. The molecule has 2 rings (SSSR count). The summed E-state index contributed by atoms with van der Waals surface area (Å²) in [7, 11) is -4.67. The number of allylic oxidation sites excluding steroid dienone is 1. The van der Waals surface area contributed by atoms with E-state index in [0.29, 0.717) is 0 Å². The monoisotopic (exact) mass is 290 g/mol. The molecule has 98 valence electrons. The first kappa shape index (κ1) is 18.3. The molecule has 0 aliphatic rings. The molecule has 2 aromatic rings. The zero-order valence-electron chi connectivity index (χ0n) is 10.7. The van der Waals surface area contributed by atoms with Crippen molar-refractivity contribution in [3.63, 3.8) is 0 Å². The molecule has 6 heteroatoms. The average molecular weight is 290 g/mol. The molecule has 0 bridgehead atoms. The van der Waals surface area contributed by atoms with Gasteiger partial charge < -0.3 is 0 Å². The van der Waals surface area contributed by atoms with E-state index in [0.717, 1.165) is 0 Å². The van der Waals surface area contributed by atoms with Gasteiger partial charge in [-0.05, 0) is 10.8 Å². The molecule has 0 saturated heterocycles. The topological polar surface area (TPSA) is 74.6 Å². The molecule has 0 saturated carbocycles. The summed E-state index contributed by atoms with van der Waals surface area (Å²) in [6.07, 6.45) is 1.94. The third-order valence-electron chi connectivity index (χ3n) is 1.95. The van der Waals surface area contributed by atoms with Crippen LogP contribution in [0.5, 0.6) is 0 Å². The first-order valence-electron chi connectivity index (χ1n) is 5.63. The van der Waals surface area contributed by atoms with Crippen LogP contribution in [0.1, 0.15) is 0 Å². The summed E-state index contributed by atoms with van der Waals surface area (Å²) in [5, 5.41) is 2.62. The number of hydrogen-bond acceptors (Lipinski definition) is 2. The molecule has 0 aliphatic carbocycles. The molecule has 0 spiro atoms. The van der Waals surface area contributed by atoms with Crippen LogP contribution in [0.25, 0.3) is 10.8 Å². The van der Waals surface area contributed by atoms with Crippen LogP contribution < -0.4 is 0 Å². The van der Waals surface area contributed by atoms with Gasteiger partial charge in [-0.1, -0.05) is 48.5 Å². The van der Waals surface area contributed by atoms with Gasteiger partial charge in [-0.3, -0.25) is 9.11 Å². The van der Waals surface area contributed by atoms with E-state index in [1.807, 2.05) is 6.08 Å². The molecule has 0 unspecified atom stereocenters. The fourth-order valence-electron chi connectivity index (χ4n) is 1.13. The van der Waals surface area contributed by atoms with Gasteiger partial charge in [0.1, 0.15) is 0 Å².